The Morgan fingerprint density at radius 3 is 2.63 bits per heavy atom. The van der Waals surface area contributed by atoms with Gasteiger partial charge in [0.2, 0.25) is 0 Å². The highest BCUT2D eigenvalue weighted by molar-refractivity contribution is 4.91. The first kappa shape index (κ1) is 14.8. The molecule has 1 aliphatic heterocycles. The monoisotopic (exact) mass is 265 g/mol. The SMILES string of the molecule is CC(O)C1CC(NC2CCCCC2)CN(CC#N)C1. The number of nitriles is 1. The summed E-state index contributed by atoms with van der Waals surface area (Å²) in [5.74, 6) is 0.295. The van der Waals surface area contributed by atoms with Crippen molar-refractivity contribution in [1.29, 1.82) is 5.26 Å². The van der Waals surface area contributed by atoms with Crippen molar-refractivity contribution in [3.8, 4) is 6.07 Å². The molecule has 0 amide bonds. The van der Waals surface area contributed by atoms with Crippen LogP contribution < -0.4 is 5.32 Å². The van der Waals surface area contributed by atoms with Crippen LogP contribution in [0.1, 0.15) is 45.4 Å². The topological polar surface area (TPSA) is 59.3 Å². The Balaban J connectivity index is 1.88. The average molecular weight is 265 g/mol. The van der Waals surface area contributed by atoms with Crippen LogP contribution in [0.4, 0.5) is 0 Å². The lowest BCUT2D eigenvalue weighted by atomic mass is 9.88. The molecule has 19 heavy (non-hydrogen) atoms. The second kappa shape index (κ2) is 7.23. The van der Waals surface area contributed by atoms with Crippen molar-refractivity contribution in [2.45, 2.75) is 63.6 Å². The summed E-state index contributed by atoms with van der Waals surface area (Å²) in [7, 11) is 0. The summed E-state index contributed by atoms with van der Waals surface area (Å²) >= 11 is 0. The first-order valence-corrected chi connectivity index (χ1v) is 7.72. The molecule has 3 atom stereocenters. The van der Waals surface area contributed by atoms with Gasteiger partial charge in [0, 0.05) is 25.2 Å². The van der Waals surface area contributed by atoms with E-state index in [1.165, 1.54) is 32.1 Å². The Bertz CT molecular complexity index is 307. The highest BCUT2D eigenvalue weighted by Gasteiger charge is 2.30. The predicted octanol–water partition coefficient (Wildman–Crippen LogP) is 1.50. The van der Waals surface area contributed by atoms with Gasteiger partial charge in [-0.3, -0.25) is 4.90 Å². The number of piperidine rings is 1. The van der Waals surface area contributed by atoms with Crippen LogP contribution in [-0.2, 0) is 0 Å². The van der Waals surface area contributed by atoms with Crippen LogP contribution in [0.3, 0.4) is 0 Å². The van der Waals surface area contributed by atoms with E-state index in [0.29, 0.717) is 24.5 Å². The summed E-state index contributed by atoms with van der Waals surface area (Å²) in [4.78, 5) is 2.18. The van der Waals surface area contributed by atoms with Crippen LogP contribution in [0.2, 0.25) is 0 Å². The Hall–Kier alpha value is -0.630. The minimum absolute atomic E-state index is 0.280. The minimum Gasteiger partial charge on any atom is -0.393 e. The second-order valence-corrected chi connectivity index (χ2v) is 6.29. The number of likely N-dealkylation sites (tertiary alicyclic amines) is 1. The number of hydrogen-bond acceptors (Lipinski definition) is 4. The van der Waals surface area contributed by atoms with Crippen molar-refractivity contribution < 1.29 is 5.11 Å². The van der Waals surface area contributed by atoms with E-state index in [2.05, 4.69) is 16.3 Å². The maximum absolute atomic E-state index is 9.85. The van der Waals surface area contributed by atoms with Crippen molar-refractivity contribution in [2.24, 2.45) is 5.92 Å². The molecule has 0 aromatic carbocycles. The fraction of sp³-hybridized carbons (Fsp3) is 0.933. The fourth-order valence-electron chi connectivity index (χ4n) is 3.53. The van der Waals surface area contributed by atoms with Crippen LogP contribution in [0, 0.1) is 17.2 Å². The third-order valence-corrected chi connectivity index (χ3v) is 4.61. The number of aliphatic hydroxyl groups excluding tert-OH is 1. The molecule has 2 rings (SSSR count). The minimum atomic E-state index is -0.280. The van der Waals surface area contributed by atoms with E-state index in [1.54, 1.807) is 0 Å². The lowest BCUT2D eigenvalue weighted by molar-refractivity contribution is 0.0498. The van der Waals surface area contributed by atoms with E-state index in [4.69, 9.17) is 5.26 Å². The van der Waals surface area contributed by atoms with Gasteiger partial charge < -0.3 is 10.4 Å². The van der Waals surface area contributed by atoms with Gasteiger partial charge in [0.25, 0.3) is 0 Å². The summed E-state index contributed by atoms with van der Waals surface area (Å²) in [6.07, 6.45) is 7.38. The molecule has 1 saturated heterocycles. The summed E-state index contributed by atoms with van der Waals surface area (Å²) in [5.41, 5.74) is 0. The van der Waals surface area contributed by atoms with Gasteiger partial charge in [0.05, 0.1) is 18.7 Å². The number of nitrogens with one attached hydrogen (secondary N) is 1. The molecule has 1 saturated carbocycles. The summed E-state index contributed by atoms with van der Waals surface area (Å²) < 4.78 is 0. The Morgan fingerprint density at radius 1 is 1.26 bits per heavy atom. The van der Waals surface area contributed by atoms with Gasteiger partial charge in [-0.2, -0.15) is 5.26 Å². The fourth-order valence-corrected chi connectivity index (χ4v) is 3.53. The molecule has 1 aliphatic carbocycles. The lowest BCUT2D eigenvalue weighted by Gasteiger charge is -2.40. The molecule has 2 N–H and O–H groups in total. The van der Waals surface area contributed by atoms with Gasteiger partial charge in [0.15, 0.2) is 0 Å². The third kappa shape index (κ3) is 4.45. The molecule has 1 heterocycles. The molecule has 108 valence electrons. The average Bonchev–Trinajstić information content (AvgIpc) is 2.40. The summed E-state index contributed by atoms with van der Waals surface area (Å²) in [6.45, 7) is 4.16. The Labute approximate surface area is 116 Å². The first-order chi connectivity index (χ1) is 9.19. The Kier molecular flexibility index (Phi) is 5.62. The number of rotatable bonds is 4. The van der Waals surface area contributed by atoms with Crippen molar-refractivity contribution in [3.63, 3.8) is 0 Å². The molecule has 0 aromatic heterocycles. The van der Waals surface area contributed by atoms with Crippen molar-refractivity contribution >= 4 is 0 Å². The highest BCUT2D eigenvalue weighted by atomic mass is 16.3. The second-order valence-electron chi connectivity index (χ2n) is 6.29. The van der Waals surface area contributed by atoms with Crippen molar-refractivity contribution in [1.82, 2.24) is 10.2 Å². The maximum atomic E-state index is 9.85. The molecular formula is C15H27N3O. The molecule has 2 aliphatic rings. The third-order valence-electron chi connectivity index (χ3n) is 4.61. The number of hydrogen-bond donors (Lipinski definition) is 2. The van der Waals surface area contributed by atoms with E-state index in [0.717, 1.165) is 19.5 Å². The normalized spacial score (nSPS) is 31.8. The van der Waals surface area contributed by atoms with Crippen LogP contribution in [0.5, 0.6) is 0 Å². The van der Waals surface area contributed by atoms with Gasteiger partial charge in [-0.05, 0) is 32.1 Å². The predicted molar refractivity (Wildman–Crippen MR) is 75.6 cm³/mol. The summed E-state index contributed by atoms with van der Waals surface area (Å²) in [5, 5.41) is 22.5. The molecular weight excluding hydrogens is 238 g/mol. The smallest absolute Gasteiger partial charge is 0.0866 e. The molecule has 2 fully saturated rings. The molecule has 0 spiro atoms. The number of nitrogens with zero attached hydrogens (tertiary/aromatic N) is 2. The zero-order valence-electron chi connectivity index (χ0n) is 12.0. The van der Waals surface area contributed by atoms with Gasteiger partial charge in [-0.1, -0.05) is 19.3 Å². The standard InChI is InChI=1S/C15H27N3O/c1-12(19)13-9-15(11-18(10-13)8-7-16)17-14-5-3-2-4-6-14/h12-15,17,19H,2-6,8-11H2,1H3. The van der Waals surface area contributed by atoms with Crippen LogP contribution in [0.15, 0.2) is 0 Å². The molecule has 0 aromatic rings. The van der Waals surface area contributed by atoms with Crippen LogP contribution in [-0.4, -0.2) is 47.8 Å². The lowest BCUT2D eigenvalue weighted by Crippen LogP contribution is -2.53. The Morgan fingerprint density at radius 2 is 2.00 bits per heavy atom. The first-order valence-electron chi connectivity index (χ1n) is 7.72. The molecule has 4 nitrogen and oxygen atoms in total. The van der Waals surface area contributed by atoms with Gasteiger partial charge >= 0.3 is 0 Å². The zero-order chi connectivity index (χ0) is 13.7. The quantitative estimate of drug-likeness (QED) is 0.756. The highest BCUT2D eigenvalue weighted by Crippen LogP contribution is 2.23. The van der Waals surface area contributed by atoms with Crippen molar-refractivity contribution in [2.75, 3.05) is 19.6 Å². The summed E-state index contributed by atoms with van der Waals surface area (Å²) in [6, 6.07) is 3.32. The van der Waals surface area contributed by atoms with E-state index in [-0.39, 0.29) is 6.10 Å². The largest absolute Gasteiger partial charge is 0.393 e. The zero-order valence-corrected chi connectivity index (χ0v) is 12.0. The molecule has 3 unspecified atom stereocenters. The maximum Gasteiger partial charge on any atom is 0.0866 e. The van der Waals surface area contributed by atoms with Gasteiger partial charge in [-0.15, -0.1) is 0 Å². The van der Waals surface area contributed by atoms with E-state index >= 15 is 0 Å². The molecule has 0 bridgehead atoms. The van der Waals surface area contributed by atoms with Crippen LogP contribution >= 0.6 is 0 Å². The number of aliphatic hydroxyl groups is 1. The van der Waals surface area contributed by atoms with E-state index in [1.807, 2.05) is 6.92 Å². The van der Waals surface area contributed by atoms with E-state index < -0.39 is 0 Å². The van der Waals surface area contributed by atoms with Gasteiger partial charge in [-0.25, -0.2) is 0 Å². The van der Waals surface area contributed by atoms with Gasteiger partial charge in [0.1, 0.15) is 0 Å². The van der Waals surface area contributed by atoms with Crippen LogP contribution in [0.25, 0.3) is 0 Å². The molecule has 0 radical (unpaired) electrons. The van der Waals surface area contributed by atoms with E-state index in [9.17, 15) is 5.11 Å². The van der Waals surface area contributed by atoms with Crippen molar-refractivity contribution in [3.05, 3.63) is 0 Å². The molecule has 4 heteroatoms.